The maximum atomic E-state index is 5.18. The summed E-state index contributed by atoms with van der Waals surface area (Å²) in [6.07, 6.45) is 3.61. The molecule has 0 fully saturated rings. The number of aromatic nitrogens is 1. The van der Waals surface area contributed by atoms with E-state index in [2.05, 4.69) is 33.5 Å². The molecule has 0 aliphatic carbocycles. The van der Waals surface area contributed by atoms with Gasteiger partial charge in [-0.1, -0.05) is 12.1 Å². The van der Waals surface area contributed by atoms with E-state index < -0.39 is 0 Å². The molecule has 0 saturated heterocycles. The molecule has 0 saturated carbocycles. The first-order valence-electron chi connectivity index (χ1n) is 7.36. The van der Waals surface area contributed by atoms with Crippen LogP contribution in [0, 0.1) is 0 Å². The number of thiophene rings is 1. The highest BCUT2D eigenvalue weighted by Crippen LogP contribution is 2.25. The molecule has 0 N–H and O–H groups in total. The summed E-state index contributed by atoms with van der Waals surface area (Å²) in [6, 6.07) is 11.9. The van der Waals surface area contributed by atoms with Gasteiger partial charge in [0.25, 0.3) is 0 Å². The van der Waals surface area contributed by atoms with E-state index in [1.54, 1.807) is 35.9 Å². The SMILES string of the molecule is C=CCN=c1scc(-c2cccs2)n1N=Cc1ccc(OC)cc1. The predicted octanol–water partition coefficient (Wildman–Crippen LogP) is 4.26. The Morgan fingerprint density at radius 2 is 2.04 bits per heavy atom. The van der Waals surface area contributed by atoms with E-state index in [4.69, 9.17) is 4.74 Å². The molecule has 2 aromatic heterocycles. The smallest absolute Gasteiger partial charge is 0.206 e. The summed E-state index contributed by atoms with van der Waals surface area (Å²) in [4.78, 5) is 6.54. The zero-order valence-electron chi connectivity index (χ0n) is 13.3. The quantitative estimate of drug-likeness (QED) is 0.481. The molecular formula is C18H17N3OS2. The molecule has 4 nitrogen and oxygen atoms in total. The number of thiazole rings is 1. The van der Waals surface area contributed by atoms with E-state index in [-0.39, 0.29) is 0 Å². The Labute approximate surface area is 148 Å². The van der Waals surface area contributed by atoms with Gasteiger partial charge in [-0.3, -0.25) is 4.99 Å². The van der Waals surface area contributed by atoms with Crippen molar-refractivity contribution in [2.45, 2.75) is 0 Å². The lowest BCUT2D eigenvalue weighted by molar-refractivity contribution is 0.415. The van der Waals surface area contributed by atoms with Gasteiger partial charge >= 0.3 is 0 Å². The van der Waals surface area contributed by atoms with Gasteiger partial charge in [-0.05, 0) is 41.3 Å². The predicted molar refractivity (Wildman–Crippen MR) is 102 cm³/mol. The molecule has 24 heavy (non-hydrogen) atoms. The van der Waals surface area contributed by atoms with E-state index in [1.807, 2.05) is 41.2 Å². The second-order valence-electron chi connectivity index (χ2n) is 4.84. The summed E-state index contributed by atoms with van der Waals surface area (Å²) in [7, 11) is 1.66. The van der Waals surface area contributed by atoms with Crippen LogP contribution in [0.5, 0.6) is 5.75 Å². The first-order valence-corrected chi connectivity index (χ1v) is 9.12. The van der Waals surface area contributed by atoms with Crippen molar-refractivity contribution in [2.24, 2.45) is 10.1 Å². The van der Waals surface area contributed by atoms with Gasteiger partial charge in [-0.15, -0.1) is 29.3 Å². The number of hydrogen-bond donors (Lipinski definition) is 0. The molecule has 0 atom stereocenters. The van der Waals surface area contributed by atoms with Crippen LogP contribution >= 0.6 is 22.7 Å². The lowest BCUT2D eigenvalue weighted by atomic mass is 10.2. The highest BCUT2D eigenvalue weighted by atomic mass is 32.1. The lowest BCUT2D eigenvalue weighted by Crippen LogP contribution is -2.12. The summed E-state index contributed by atoms with van der Waals surface area (Å²) < 4.78 is 7.06. The van der Waals surface area contributed by atoms with Crippen molar-refractivity contribution in [3.05, 3.63) is 70.2 Å². The van der Waals surface area contributed by atoms with Crippen LogP contribution in [0.25, 0.3) is 10.6 Å². The fourth-order valence-electron chi connectivity index (χ4n) is 2.07. The van der Waals surface area contributed by atoms with Gasteiger partial charge in [0.2, 0.25) is 4.80 Å². The lowest BCUT2D eigenvalue weighted by Gasteiger charge is -2.02. The van der Waals surface area contributed by atoms with Crippen LogP contribution in [0.1, 0.15) is 5.56 Å². The molecular weight excluding hydrogens is 338 g/mol. The standard InChI is InChI=1S/C18H17N3OS2/c1-3-10-19-18-21(16(13-24-18)17-5-4-11-23-17)20-12-14-6-8-15(22-2)9-7-14/h3-9,11-13H,1,10H2,2H3. The first-order chi connectivity index (χ1) is 11.8. The molecule has 0 spiro atoms. The zero-order valence-corrected chi connectivity index (χ0v) is 14.9. The van der Waals surface area contributed by atoms with Crippen molar-refractivity contribution in [3.63, 3.8) is 0 Å². The van der Waals surface area contributed by atoms with Crippen LogP contribution < -0.4 is 9.54 Å². The topological polar surface area (TPSA) is 38.9 Å². The number of nitrogens with zero attached hydrogens (tertiary/aromatic N) is 3. The van der Waals surface area contributed by atoms with Crippen LogP contribution in [0.3, 0.4) is 0 Å². The molecule has 2 heterocycles. The van der Waals surface area contributed by atoms with Gasteiger partial charge in [0, 0.05) is 5.38 Å². The van der Waals surface area contributed by atoms with Crippen LogP contribution in [0.4, 0.5) is 0 Å². The van der Waals surface area contributed by atoms with E-state index in [1.165, 1.54) is 0 Å². The summed E-state index contributed by atoms with van der Waals surface area (Å²) in [5.74, 6) is 0.830. The molecule has 0 amide bonds. The third-order valence-corrected chi connectivity index (χ3v) is 5.00. The Kier molecular flexibility index (Phi) is 5.40. The second kappa shape index (κ2) is 7.90. The molecule has 3 rings (SSSR count). The average molecular weight is 355 g/mol. The number of ether oxygens (including phenoxy) is 1. The molecule has 0 radical (unpaired) electrons. The summed E-state index contributed by atoms with van der Waals surface area (Å²) in [6.45, 7) is 4.30. The van der Waals surface area contributed by atoms with Gasteiger partial charge in [0.05, 0.1) is 30.4 Å². The first kappa shape index (κ1) is 16.4. The van der Waals surface area contributed by atoms with Crippen LogP contribution in [-0.4, -0.2) is 24.5 Å². The van der Waals surface area contributed by atoms with E-state index in [9.17, 15) is 0 Å². The number of benzene rings is 1. The zero-order chi connectivity index (χ0) is 16.8. The minimum atomic E-state index is 0.572. The van der Waals surface area contributed by atoms with Crippen molar-refractivity contribution in [2.75, 3.05) is 13.7 Å². The van der Waals surface area contributed by atoms with Crippen LogP contribution in [0.2, 0.25) is 0 Å². The van der Waals surface area contributed by atoms with Crippen LogP contribution in [0.15, 0.2) is 69.9 Å². The summed E-state index contributed by atoms with van der Waals surface area (Å²) in [5, 5.41) is 8.78. The van der Waals surface area contributed by atoms with Crippen molar-refractivity contribution in [3.8, 4) is 16.3 Å². The normalized spacial score (nSPS) is 12.0. The molecule has 1 aromatic carbocycles. The number of methoxy groups -OCH3 is 1. The fourth-order valence-corrected chi connectivity index (χ4v) is 3.71. The molecule has 0 unspecified atom stereocenters. The summed E-state index contributed by atoms with van der Waals surface area (Å²) >= 11 is 3.26. The van der Waals surface area contributed by atoms with Crippen LogP contribution in [-0.2, 0) is 0 Å². The van der Waals surface area contributed by atoms with E-state index >= 15 is 0 Å². The number of hydrogen-bond acceptors (Lipinski definition) is 5. The van der Waals surface area contributed by atoms with Crippen molar-refractivity contribution < 1.29 is 4.74 Å². The van der Waals surface area contributed by atoms with Gasteiger partial charge in [-0.2, -0.15) is 5.10 Å². The van der Waals surface area contributed by atoms with Gasteiger partial charge in [0.15, 0.2) is 0 Å². The second-order valence-corrected chi connectivity index (χ2v) is 6.62. The molecule has 0 aliphatic rings. The maximum Gasteiger partial charge on any atom is 0.206 e. The van der Waals surface area contributed by atoms with E-state index in [0.29, 0.717) is 6.54 Å². The number of rotatable bonds is 6. The Balaban J connectivity index is 1.99. The average Bonchev–Trinajstić information content (AvgIpc) is 3.28. The minimum absolute atomic E-state index is 0.572. The molecule has 3 aromatic rings. The Bertz CT molecular complexity index is 887. The fraction of sp³-hybridized carbons (Fsp3) is 0.111. The summed E-state index contributed by atoms with van der Waals surface area (Å²) in [5.41, 5.74) is 2.05. The van der Waals surface area contributed by atoms with E-state index in [0.717, 1.165) is 26.7 Å². The van der Waals surface area contributed by atoms with Crippen molar-refractivity contribution in [1.82, 2.24) is 4.68 Å². The van der Waals surface area contributed by atoms with Gasteiger partial charge < -0.3 is 4.74 Å². The Morgan fingerprint density at radius 3 is 2.71 bits per heavy atom. The van der Waals surface area contributed by atoms with Crippen molar-refractivity contribution in [1.29, 1.82) is 0 Å². The third-order valence-electron chi connectivity index (χ3n) is 3.25. The third kappa shape index (κ3) is 3.72. The van der Waals surface area contributed by atoms with Gasteiger partial charge in [-0.25, -0.2) is 4.68 Å². The van der Waals surface area contributed by atoms with Crippen molar-refractivity contribution >= 4 is 28.9 Å². The molecule has 0 aliphatic heterocycles. The Hall–Kier alpha value is -2.44. The van der Waals surface area contributed by atoms with Gasteiger partial charge in [0.1, 0.15) is 5.75 Å². The molecule has 122 valence electrons. The monoisotopic (exact) mass is 355 g/mol. The highest BCUT2D eigenvalue weighted by Gasteiger charge is 2.07. The maximum absolute atomic E-state index is 5.18. The minimum Gasteiger partial charge on any atom is -0.497 e. The largest absolute Gasteiger partial charge is 0.497 e. The molecule has 6 heteroatoms. The highest BCUT2D eigenvalue weighted by molar-refractivity contribution is 7.14. The molecule has 0 bridgehead atoms. The Morgan fingerprint density at radius 1 is 1.21 bits per heavy atom.